The molecule has 66 heavy (non-hydrogen) atoms. The minimum Gasteiger partial charge on any atom is -0.481 e. The van der Waals surface area contributed by atoms with E-state index in [0.29, 0.717) is 74.3 Å². The number of carboxylic acid groups (broad SMARTS) is 2. The van der Waals surface area contributed by atoms with E-state index in [0.717, 1.165) is 55.1 Å². The summed E-state index contributed by atoms with van der Waals surface area (Å²) in [5.74, 6) is 4.99. The van der Waals surface area contributed by atoms with Gasteiger partial charge in [0.15, 0.2) is 36.1 Å². The largest absolute Gasteiger partial charge is 0.481 e. The Balaban J connectivity index is 0.000000414. The number of carbonyl (C=O) groups is 5. The predicted molar refractivity (Wildman–Crippen MR) is 233 cm³/mol. The summed E-state index contributed by atoms with van der Waals surface area (Å²) >= 11 is 0. The third-order valence-electron chi connectivity index (χ3n) is 8.06. The summed E-state index contributed by atoms with van der Waals surface area (Å²) in [4.78, 5) is 51.2. The molecule has 0 fully saturated rings. The number of aliphatic hydroxyl groups excluding tert-OH is 3. The van der Waals surface area contributed by atoms with Crippen LogP contribution in [0.25, 0.3) is 0 Å². The topological polar surface area (TPSA) is 327 Å². The van der Waals surface area contributed by atoms with E-state index in [1.54, 1.807) is 42.5 Å². The van der Waals surface area contributed by atoms with Crippen molar-refractivity contribution in [1.29, 1.82) is 0 Å². The number of ether oxygens (including phenoxy) is 1. The van der Waals surface area contributed by atoms with E-state index in [-0.39, 0.29) is 69.6 Å². The van der Waals surface area contributed by atoms with Crippen molar-refractivity contribution in [2.24, 2.45) is 11.5 Å². The first-order valence-corrected chi connectivity index (χ1v) is 20.5. The van der Waals surface area contributed by atoms with E-state index >= 15 is 0 Å². The van der Waals surface area contributed by atoms with Crippen LogP contribution >= 0.6 is 0 Å². The fraction of sp³-hybridized carbons (Fsp3) is 0.370. The monoisotopic (exact) mass is 930 g/mol. The number of aryl methyl sites for hydroxylation is 3. The lowest BCUT2D eigenvalue weighted by Crippen LogP contribution is -2.01. The number of carboxylic acids is 2. The third-order valence-corrected chi connectivity index (χ3v) is 8.06. The SMILES string of the molecule is CF.NCCCc1ccc(CCN)o1.O=C(O)CCc1ccc(CC(=O)O)o1.O=Cc1ccc(CO)o1.O=Cc1ccc(COCc2ccc(C=O)o2)o1.OCCCc1ccc(CCO)o1. The van der Waals surface area contributed by atoms with Crippen LogP contribution in [0.5, 0.6) is 0 Å². The Labute approximate surface area is 379 Å². The highest BCUT2D eigenvalue weighted by molar-refractivity contribution is 5.71. The molecule has 0 saturated heterocycles. The summed E-state index contributed by atoms with van der Waals surface area (Å²) in [7, 11) is 0.500. The molecule has 0 radical (unpaired) electrons. The van der Waals surface area contributed by atoms with Crippen LogP contribution in [-0.4, -0.2) is 89.8 Å². The van der Waals surface area contributed by atoms with Crippen molar-refractivity contribution in [1.82, 2.24) is 0 Å². The van der Waals surface area contributed by atoms with Gasteiger partial charge in [-0.2, -0.15) is 0 Å². The number of furan rings is 6. The lowest BCUT2D eigenvalue weighted by molar-refractivity contribution is -0.138. The average molecular weight is 931 g/mol. The minimum atomic E-state index is -0.968. The molecule has 0 atom stereocenters. The summed E-state index contributed by atoms with van der Waals surface area (Å²) in [5, 5.41) is 42.4. The van der Waals surface area contributed by atoms with Crippen molar-refractivity contribution < 1.29 is 85.1 Å². The smallest absolute Gasteiger partial charge is 0.311 e. The molecule has 0 spiro atoms. The summed E-state index contributed by atoms with van der Waals surface area (Å²) in [6.45, 7) is 1.99. The fourth-order valence-electron chi connectivity index (χ4n) is 5.06. The van der Waals surface area contributed by atoms with E-state index in [9.17, 15) is 28.4 Å². The number of nitrogens with two attached hydrogens (primary N) is 2. The van der Waals surface area contributed by atoms with Crippen molar-refractivity contribution in [3.8, 4) is 0 Å². The lowest BCUT2D eigenvalue weighted by atomic mass is 10.2. The second-order valence-electron chi connectivity index (χ2n) is 13.2. The van der Waals surface area contributed by atoms with Crippen LogP contribution in [0.3, 0.4) is 0 Å². The maximum absolute atomic E-state index is 10.4. The Hall–Kier alpha value is -6.68. The Morgan fingerprint density at radius 1 is 0.500 bits per heavy atom. The van der Waals surface area contributed by atoms with Crippen molar-refractivity contribution in [3.05, 3.63) is 142 Å². The zero-order valence-electron chi connectivity index (χ0n) is 36.6. The molecule has 0 amide bonds. The first-order valence-electron chi connectivity index (χ1n) is 20.5. The second-order valence-corrected chi connectivity index (χ2v) is 13.2. The molecule has 0 aliphatic heterocycles. The normalized spacial score (nSPS) is 9.98. The van der Waals surface area contributed by atoms with Gasteiger partial charge in [0.05, 0.1) is 20.2 Å². The van der Waals surface area contributed by atoms with Crippen LogP contribution in [-0.2, 0) is 72.7 Å². The number of rotatable bonds is 23. The van der Waals surface area contributed by atoms with Gasteiger partial charge in [-0.25, -0.2) is 0 Å². The third kappa shape index (κ3) is 25.6. The Morgan fingerprint density at radius 3 is 1.30 bits per heavy atom. The number of hydrogen-bond acceptors (Lipinski definition) is 17. The minimum absolute atomic E-state index is 0.0139. The molecule has 19 nitrogen and oxygen atoms in total. The average Bonchev–Trinajstić information content (AvgIpc) is 4.19. The molecule has 6 aromatic heterocycles. The fourth-order valence-corrected chi connectivity index (χ4v) is 5.06. The molecule has 0 aromatic carbocycles. The van der Waals surface area contributed by atoms with Gasteiger partial charge in [-0.05, 0) is 98.7 Å². The molecule has 0 bridgehead atoms. The standard InChI is InChI=1S/C12H10O5.C9H16N2O.C9H10O5.C9H14O3.C6H6O3.CH3F/c13-5-9-1-3-11(16-9)7-15-8-12-4-2-10(6-14)17-12;10-6-1-2-8-3-4-9(12-8)5-7-11;10-8(11)4-3-6-1-2-7(14-6)5-9(12)13;10-6-1-2-8-3-4-9(12-8)5-7-11;7-3-5-1-2-6(4-8)9-5;1-2/h1-6H,7-8H2;3-4H,1-2,5-7,10-11H2;1-2H,3-5H2,(H,10,11)(H,12,13);3-4,10-11H,1-2,5-7H2;1-3,8H,4H2;1H3. The number of halogens is 1. The van der Waals surface area contributed by atoms with E-state index in [1.165, 1.54) is 6.07 Å². The summed E-state index contributed by atoms with van der Waals surface area (Å²) in [6, 6.07) is 20.4. The number of hydrogen-bond donors (Lipinski definition) is 7. The molecule has 6 aromatic rings. The van der Waals surface area contributed by atoms with Crippen LogP contribution in [0, 0.1) is 0 Å². The van der Waals surface area contributed by atoms with Gasteiger partial charge >= 0.3 is 11.9 Å². The lowest BCUT2D eigenvalue weighted by Gasteiger charge is -1.98. The van der Waals surface area contributed by atoms with Gasteiger partial charge < -0.3 is 68.2 Å². The van der Waals surface area contributed by atoms with Crippen molar-refractivity contribution in [2.75, 3.05) is 33.5 Å². The van der Waals surface area contributed by atoms with Gasteiger partial charge in [-0.3, -0.25) is 28.4 Å². The predicted octanol–water partition coefficient (Wildman–Crippen LogP) is 5.72. The summed E-state index contributed by atoms with van der Waals surface area (Å²) < 4.78 is 45.7. The molecular formula is C46H59FN2O17. The van der Waals surface area contributed by atoms with Gasteiger partial charge in [0.2, 0.25) is 0 Å². The first-order chi connectivity index (χ1) is 32.0. The van der Waals surface area contributed by atoms with Crippen LogP contribution in [0.15, 0.2) is 99.3 Å². The van der Waals surface area contributed by atoms with Gasteiger partial charge in [-0.15, -0.1) is 0 Å². The molecule has 362 valence electrons. The zero-order valence-corrected chi connectivity index (χ0v) is 36.6. The number of aldehydes is 3. The van der Waals surface area contributed by atoms with Crippen LogP contribution in [0.4, 0.5) is 4.39 Å². The molecule has 6 rings (SSSR count). The number of aliphatic hydroxyl groups is 3. The van der Waals surface area contributed by atoms with Gasteiger partial charge in [0.25, 0.3) is 0 Å². The molecule has 0 saturated carbocycles. The van der Waals surface area contributed by atoms with E-state index in [2.05, 4.69) is 0 Å². The molecule has 6 heterocycles. The van der Waals surface area contributed by atoms with Crippen LogP contribution < -0.4 is 11.5 Å². The maximum atomic E-state index is 10.4. The molecule has 0 unspecified atom stereocenters. The van der Waals surface area contributed by atoms with Crippen LogP contribution in [0.1, 0.15) is 103 Å². The van der Waals surface area contributed by atoms with Crippen molar-refractivity contribution in [2.45, 2.75) is 77.6 Å². The second kappa shape index (κ2) is 35.6. The van der Waals surface area contributed by atoms with Crippen LogP contribution in [0.2, 0.25) is 0 Å². The van der Waals surface area contributed by atoms with Gasteiger partial charge in [0.1, 0.15) is 78.1 Å². The molecule has 9 N–H and O–H groups in total. The maximum Gasteiger partial charge on any atom is 0.311 e. The van der Waals surface area contributed by atoms with E-state index in [4.69, 9.17) is 68.2 Å². The highest BCUT2D eigenvalue weighted by Crippen LogP contribution is 2.13. The Bertz CT molecular complexity index is 2100. The zero-order chi connectivity index (χ0) is 49.0. The molecule has 0 aliphatic rings. The first kappa shape index (κ1) is 57.3. The van der Waals surface area contributed by atoms with Gasteiger partial charge in [-0.1, -0.05) is 0 Å². The molecule has 0 aliphatic carbocycles. The quantitative estimate of drug-likeness (QED) is 0.0378. The number of aliphatic carboxylic acids is 2. The summed E-state index contributed by atoms with van der Waals surface area (Å²) in [5.41, 5.74) is 10.8. The number of alkyl halides is 1. The van der Waals surface area contributed by atoms with E-state index < -0.39 is 11.9 Å². The molecule has 20 heteroatoms. The Kier molecular flexibility index (Phi) is 31.0. The van der Waals surface area contributed by atoms with Gasteiger partial charge in [0, 0.05) is 38.7 Å². The van der Waals surface area contributed by atoms with Crippen molar-refractivity contribution >= 4 is 30.8 Å². The number of carbonyl (C=O) groups excluding carboxylic acids is 3. The highest BCUT2D eigenvalue weighted by atomic mass is 19.1. The highest BCUT2D eigenvalue weighted by Gasteiger charge is 2.08. The Morgan fingerprint density at radius 2 is 0.909 bits per heavy atom. The van der Waals surface area contributed by atoms with E-state index in [1.807, 2.05) is 24.3 Å². The summed E-state index contributed by atoms with van der Waals surface area (Å²) in [6.07, 6.45) is 6.76. The molecular weight excluding hydrogens is 872 g/mol. The van der Waals surface area contributed by atoms with Crippen molar-refractivity contribution in [3.63, 3.8) is 0 Å².